The average molecular weight is 758 g/mol. The van der Waals surface area contributed by atoms with Crippen molar-refractivity contribution in [1.29, 1.82) is 0 Å². The zero-order valence-electron chi connectivity index (χ0n) is 31.5. The maximum Gasteiger partial charge on any atom is 0.0759 e. The number of para-hydroxylation sites is 3. The topological polar surface area (TPSA) is 22.8 Å². The lowest BCUT2D eigenvalue weighted by Gasteiger charge is -2.19. The molecule has 0 spiro atoms. The first kappa shape index (κ1) is 32.2. The van der Waals surface area contributed by atoms with Crippen LogP contribution in [0.1, 0.15) is 22.7 Å². The van der Waals surface area contributed by atoms with E-state index in [4.69, 9.17) is 4.98 Å². The summed E-state index contributed by atoms with van der Waals surface area (Å²) in [6.45, 7) is 0. The van der Waals surface area contributed by atoms with Crippen LogP contribution in [-0.2, 0) is 6.42 Å². The predicted molar refractivity (Wildman–Crippen MR) is 245 cm³/mol. The van der Waals surface area contributed by atoms with E-state index in [0.29, 0.717) is 5.25 Å². The van der Waals surface area contributed by atoms with Gasteiger partial charge in [0.25, 0.3) is 0 Å². The van der Waals surface area contributed by atoms with Gasteiger partial charge in [-0.2, -0.15) is 0 Å². The van der Waals surface area contributed by atoms with Crippen molar-refractivity contribution in [2.75, 3.05) is 0 Å². The molecule has 2 aliphatic carbocycles. The lowest BCUT2D eigenvalue weighted by molar-refractivity contribution is 0.879. The molecule has 58 heavy (non-hydrogen) atoms. The Morgan fingerprint density at radius 3 is 1.98 bits per heavy atom. The zero-order valence-corrected chi connectivity index (χ0v) is 32.3. The molecular formula is C54H35N3S. The third-order valence-electron chi connectivity index (χ3n) is 12.6. The standard InChI is InChI=1S/C54H35N3S/c1-2-14-35-31-46-45(30-34(35)13-1)54-52(44-20-6-10-26-51(44)58-54)53(55-46)36-16-11-15-33(27-36)37-28-38(56-47-22-7-3-17-40(47)41-18-4-8-23-48(41)56)32-39(29-37)57-49-24-9-5-19-42(49)43-21-12-25-50(43)57/h1-24,26-32,44,51H,25H2. The molecule has 2 unspecified atom stereocenters. The number of rotatable bonds is 4. The first-order chi connectivity index (χ1) is 28.7. The summed E-state index contributed by atoms with van der Waals surface area (Å²) in [7, 11) is 0. The SMILES string of the molecule is C1=CC2Sc3c(c(-c4cccc(-c5cc(-n6c7c(c8ccccc86)C=CC7)cc(-n6c7ccccc7c7ccccc76)c5)c4)nc4cc5ccccc5cc34)C2C=C1. The molecule has 7 aromatic carbocycles. The smallest absolute Gasteiger partial charge is 0.0759 e. The minimum absolute atomic E-state index is 0.273. The van der Waals surface area contributed by atoms with E-state index in [1.807, 2.05) is 11.8 Å². The first-order valence-electron chi connectivity index (χ1n) is 20.2. The monoisotopic (exact) mass is 757 g/mol. The average Bonchev–Trinajstić information content (AvgIpc) is 4.06. The third-order valence-corrected chi connectivity index (χ3v) is 14.0. The van der Waals surface area contributed by atoms with Gasteiger partial charge in [0.05, 0.1) is 27.8 Å². The number of hydrogen-bond donors (Lipinski definition) is 0. The highest BCUT2D eigenvalue weighted by Gasteiger charge is 2.36. The fraction of sp³-hybridized carbons (Fsp3) is 0.0556. The van der Waals surface area contributed by atoms with Crippen LogP contribution in [0.2, 0.25) is 0 Å². The molecule has 0 saturated heterocycles. The molecule has 3 aliphatic rings. The van der Waals surface area contributed by atoms with Crippen LogP contribution in [0.5, 0.6) is 0 Å². The van der Waals surface area contributed by atoms with Gasteiger partial charge in [-0.05, 0) is 76.5 Å². The van der Waals surface area contributed by atoms with Crippen molar-refractivity contribution in [2.24, 2.45) is 0 Å². The number of benzene rings is 7. The lowest BCUT2D eigenvalue weighted by Crippen LogP contribution is -2.08. The molecule has 0 saturated carbocycles. The Hall–Kier alpha value is -6.88. The molecule has 0 N–H and O–H groups in total. The van der Waals surface area contributed by atoms with Gasteiger partial charge in [-0.1, -0.05) is 134 Å². The number of fused-ring (bicyclic) bond motifs is 12. The molecule has 0 amide bonds. The molecular weight excluding hydrogens is 723 g/mol. The maximum atomic E-state index is 5.56. The van der Waals surface area contributed by atoms with E-state index < -0.39 is 0 Å². The zero-order chi connectivity index (χ0) is 37.9. The summed E-state index contributed by atoms with van der Waals surface area (Å²) in [5.41, 5.74) is 15.6. The third kappa shape index (κ3) is 4.67. The molecule has 13 rings (SSSR count). The van der Waals surface area contributed by atoms with E-state index in [1.165, 1.54) is 81.7 Å². The number of allylic oxidation sites excluding steroid dienone is 4. The van der Waals surface area contributed by atoms with Crippen LogP contribution >= 0.6 is 11.8 Å². The van der Waals surface area contributed by atoms with Gasteiger partial charge in [-0.25, -0.2) is 4.98 Å². The number of thioether (sulfide) groups is 1. The predicted octanol–water partition coefficient (Wildman–Crippen LogP) is 14.0. The van der Waals surface area contributed by atoms with Crippen LogP contribution in [0.3, 0.4) is 0 Å². The summed E-state index contributed by atoms with van der Waals surface area (Å²) < 4.78 is 4.95. The van der Waals surface area contributed by atoms with Crippen molar-refractivity contribution in [3.8, 4) is 33.8 Å². The van der Waals surface area contributed by atoms with Crippen molar-refractivity contribution < 1.29 is 0 Å². The summed E-state index contributed by atoms with van der Waals surface area (Å²) in [5.74, 6) is 0.273. The maximum absolute atomic E-state index is 5.56. The van der Waals surface area contributed by atoms with Gasteiger partial charge >= 0.3 is 0 Å². The Morgan fingerprint density at radius 1 is 0.534 bits per heavy atom. The van der Waals surface area contributed by atoms with Crippen molar-refractivity contribution >= 4 is 72.2 Å². The minimum Gasteiger partial charge on any atom is -0.313 e. The van der Waals surface area contributed by atoms with Crippen LogP contribution in [-0.4, -0.2) is 19.4 Å². The largest absolute Gasteiger partial charge is 0.313 e. The van der Waals surface area contributed by atoms with E-state index in [0.717, 1.165) is 34.6 Å². The van der Waals surface area contributed by atoms with Gasteiger partial charge in [0.2, 0.25) is 0 Å². The summed E-state index contributed by atoms with van der Waals surface area (Å²) in [6.07, 6.45) is 14.7. The highest BCUT2D eigenvalue weighted by molar-refractivity contribution is 8.00. The summed E-state index contributed by atoms with van der Waals surface area (Å²) in [6, 6.07) is 56.1. The van der Waals surface area contributed by atoms with E-state index in [9.17, 15) is 0 Å². The number of pyridine rings is 1. The normalized spacial score (nSPS) is 16.6. The lowest BCUT2D eigenvalue weighted by atomic mass is 9.87. The number of aromatic nitrogens is 3. The second-order valence-corrected chi connectivity index (χ2v) is 17.0. The van der Waals surface area contributed by atoms with E-state index >= 15 is 0 Å². The molecule has 10 aromatic rings. The Balaban J connectivity index is 1.06. The van der Waals surface area contributed by atoms with Gasteiger partial charge < -0.3 is 9.13 Å². The second kappa shape index (κ2) is 12.3. The molecule has 4 heterocycles. The van der Waals surface area contributed by atoms with Gasteiger partial charge in [0, 0.05) is 77.8 Å². The Kier molecular flexibility index (Phi) is 6.84. The molecule has 272 valence electrons. The quantitative estimate of drug-likeness (QED) is 0.167. The summed E-state index contributed by atoms with van der Waals surface area (Å²) in [4.78, 5) is 6.93. The minimum atomic E-state index is 0.273. The highest BCUT2D eigenvalue weighted by Crippen LogP contribution is 2.54. The fourth-order valence-electron chi connectivity index (χ4n) is 10.0. The molecule has 2 atom stereocenters. The molecule has 0 radical (unpaired) electrons. The van der Waals surface area contributed by atoms with Gasteiger partial charge in [-0.3, -0.25) is 0 Å². The van der Waals surface area contributed by atoms with Crippen molar-refractivity contribution in [1.82, 2.24) is 14.1 Å². The molecule has 1 aliphatic heterocycles. The van der Waals surface area contributed by atoms with Crippen molar-refractivity contribution in [2.45, 2.75) is 22.5 Å². The molecule has 0 fully saturated rings. The van der Waals surface area contributed by atoms with Crippen LogP contribution in [0.4, 0.5) is 0 Å². The van der Waals surface area contributed by atoms with Crippen LogP contribution < -0.4 is 0 Å². The Labute approximate surface area is 339 Å². The van der Waals surface area contributed by atoms with Gasteiger partial charge in [0.15, 0.2) is 0 Å². The van der Waals surface area contributed by atoms with Crippen LogP contribution in [0.15, 0.2) is 187 Å². The van der Waals surface area contributed by atoms with Crippen molar-refractivity contribution in [3.63, 3.8) is 0 Å². The van der Waals surface area contributed by atoms with Gasteiger partial charge in [0.1, 0.15) is 0 Å². The summed E-state index contributed by atoms with van der Waals surface area (Å²) >= 11 is 1.99. The van der Waals surface area contributed by atoms with E-state index in [-0.39, 0.29) is 5.92 Å². The van der Waals surface area contributed by atoms with E-state index in [2.05, 4.69) is 197 Å². The Morgan fingerprint density at radius 2 is 1.19 bits per heavy atom. The first-order valence-corrected chi connectivity index (χ1v) is 21.0. The molecule has 3 nitrogen and oxygen atoms in total. The highest BCUT2D eigenvalue weighted by atomic mass is 32.2. The molecule has 4 heteroatoms. The number of hydrogen-bond acceptors (Lipinski definition) is 2. The van der Waals surface area contributed by atoms with Gasteiger partial charge in [-0.15, -0.1) is 11.8 Å². The fourth-order valence-corrected chi connectivity index (χ4v) is 11.5. The van der Waals surface area contributed by atoms with Crippen LogP contribution in [0, 0.1) is 0 Å². The van der Waals surface area contributed by atoms with Crippen molar-refractivity contribution in [3.05, 3.63) is 199 Å². The molecule has 3 aromatic heterocycles. The Bertz CT molecular complexity index is 3430. The molecule has 0 bridgehead atoms. The van der Waals surface area contributed by atoms with E-state index in [1.54, 1.807) is 0 Å². The summed E-state index contributed by atoms with van der Waals surface area (Å²) in [5, 5.41) is 7.90. The van der Waals surface area contributed by atoms with Crippen LogP contribution in [0.25, 0.3) is 94.2 Å². The second-order valence-electron chi connectivity index (χ2n) is 15.8. The number of nitrogens with zero attached hydrogens (tertiary/aromatic N) is 3.